The summed E-state index contributed by atoms with van der Waals surface area (Å²) in [5.74, 6) is 0. The van der Waals surface area contributed by atoms with E-state index in [9.17, 15) is 0 Å². The molecule has 0 aliphatic carbocycles. The standard InChI is InChI=1S/C11H11N3S2/c1-8-7-16-11(14-8)10(5-12)13-6-9-3-2-4-15-9/h2-4,7,10,13H,6H2,1H3. The monoisotopic (exact) mass is 249 g/mol. The Morgan fingerprint density at radius 3 is 3.00 bits per heavy atom. The molecule has 16 heavy (non-hydrogen) atoms. The van der Waals surface area contributed by atoms with Gasteiger partial charge in [-0.15, -0.1) is 22.7 Å². The van der Waals surface area contributed by atoms with Crippen LogP contribution in [-0.2, 0) is 6.54 Å². The van der Waals surface area contributed by atoms with Crippen LogP contribution in [0.25, 0.3) is 0 Å². The lowest BCUT2D eigenvalue weighted by Crippen LogP contribution is -2.18. The van der Waals surface area contributed by atoms with Crippen molar-refractivity contribution in [1.82, 2.24) is 10.3 Å². The van der Waals surface area contributed by atoms with Crippen LogP contribution < -0.4 is 5.32 Å². The van der Waals surface area contributed by atoms with E-state index in [1.165, 1.54) is 16.2 Å². The first-order chi connectivity index (χ1) is 7.79. The van der Waals surface area contributed by atoms with E-state index in [0.29, 0.717) is 6.54 Å². The van der Waals surface area contributed by atoms with Crippen molar-refractivity contribution in [1.29, 1.82) is 5.26 Å². The van der Waals surface area contributed by atoms with E-state index in [-0.39, 0.29) is 6.04 Å². The molecule has 1 N–H and O–H groups in total. The Morgan fingerprint density at radius 2 is 2.44 bits per heavy atom. The fraction of sp³-hybridized carbons (Fsp3) is 0.273. The zero-order chi connectivity index (χ0) is 11.4. The van der Waals surface area contributed by atoms with E-state index in [4.69, 9.17) is 5.26 Å². The van der Waals surface area contributed by atoms with Gasteiger partial charge < -0.3 is 0 Å². The van der Waals surface area contributed by atoms with Crippen LogP contribution in [0.4, 0.5) is 0 Å². The molecular formula is C11H11N3S2. The first kappa shape index (κ1) is 11.3. The summed E-state index contributed by atoms with van der Waals surface area (Å²) < 4.78 is 0. The minimum absolute atomic E-state index is 0.305. The molecule has 0 radical (unpaired) electrons. The third-order valence-electron chi connectivity index (χ3n) is 2.07. The van der Waals surface area contributed by atoms with E-state index in [0.717, 1.165) is 10.7 Å². The Hall–Kier alpha value is -1.22. The van der Waals surface area contributed by atoms with Crippen molar-refractivity contribution in [2.75, 3.05) is 0 Å². The summed E-state index contributed by atoms with van der Waals surface area (Å²) >= 11 is 3.21. The Kier molecular flexibility index (Phi) is 3.67. The maximum Gasteiger partial charge on any atom is 0.148 e. The summed E-state index contributed by atoms with van der Waals surface area (Å²) in [6.45, 7) is 2.65. The zero-order valence-electron chi connectivity index (χ0n) is 8.80. The van der Waals surface area contributed by atoms with E-state index in [1.807, 2.05) is 23.8 Å². The van der Waals surface area contributed by atoms with E-state index in [1.54, 1.807) is 11.3 Å². The molecule has 0 aromatic carbocycles. The summed E-state index contributed by atoms with van der Waals surface area (Å²) in [4.78, 5) is 5.55. The third-order valence-corrected chi connectivity index (χ3v) is 3.98. The highest BCUT2D eigenvalue weighted by molar-refractivity contribution is 7.10. The van der Waals surface area contributed by atoms with Crippen molar-refractivity contribution in [3.63, 3.8) is 0 Å². The topological polar surface area (TPSA) is 48.7 Å². The Labute approximate surface area is 102 Å². The van der Waals surface area contributed by atoms with Gasteiger partial charge in [0, 0.05) is 22.5 Å². The van der Waals surface area contributed by atoms with Gasteiger partial charge in [0.2, 0.25) is 0 Å². The lowest BCUT2D eigenvalue weighted by Gasteiger charge is -2.06. The average molecular weight is 249 g/mol. The number of rotatable bonds is 4. The van der Waals surface area contributed by atoms with Crippen molar-refractivity contribution in [2.24, 2.45) is 0 Å². The summed E-state index contributed by atoms with van der Waals surface area (Å²) in [6.07, 6.45) is 0. The van der Waals surface area contributed by atoms with Gasteiger partial charge in [-0.2, -0.15) is 5.26 Å². The van der Waals surface area contributed by atoms with Crippen LogP contribution >= 0.6 is 22.7 Å². The number of thiazole rings is 1. The van der Waals surface area contributed by atoms with Gasteiger partial charge in [0.15, 0.2) is 0 Å². The van der Waals surface area contributed by atoms with Crippen LogP contribution in [0, 0.1) is 18.3 Å². The highest BCUT2D eigenvalue weighted by Gasteiger charge is 2.13. The summed E-state index contributed by atoms with van der Waals surface area (Å²) in [6, 6.07) is 6.00. The van der Waals surface area contributed by atoms with E-state index in [2.05, 4.69) is 22.4 Å². The van der Waals surface area contributed by atoms with Crippen LogP contribution in [0.1, 0.15) is 21.6 Å². The number of nitriles is 1. The van der Waals surface area contributed by atoms with Crippen molar-refractivity contribution in [3.05, 3.63) is 38.5 Å². The van der Waals surface area contributed by atoms with Crippen molar-refractivity contribution in [2.45, 2.75) is 19.5 Å². The van der Waals surface area contributed by atoms with Crippen molar-refractivity contribution < 1.29 is 0 Å². The van der Waals surface area contributed by atoms with Crippen molar-refractivity contribution >= 4 is 22.7 Å². The summed E-state index contributed by atoms with van der Waals surface area (Å²) in [7, 11) is 0. The molecule has 2 heterocycles. The molecule has 3 nitrogen and oxygen atoms in total. The predicted molar refractivity (Wildman–Crippen MR) is 66.4 cm³/mol. The second kappa shape index (κ2) is 5.21. The van der Waals surface area contributed by atoms with Gasteiger partial charge >= 0.3 is 0 Å². The molecule has 0 aliphatic heterocycles. The molecule has 82 valence electrons. The molecule has 2 rings (SSSR count). The average Bonchev–Trinajstić information content (AvgIpc) is 2.91. The molecule has 0 aliphatic rings. The molecule has 0 amide bonds. The second-order valence-corrected chi connectivity index (χ2v) is 5.27. The molecule has 0 bridgehead atoms. The van der Waals surface area contributed by atoms with Gasteiger partial charge in [0.1, 0.15) is 11.0 Å². The van der Waals surface area contributed by atoms with Gasteiger partial charge in [-0.3, -0.25) is 5.32 Å². The number of nitrogens with zero attached hydrogens (tertiary/aromatic N) is 2. The van der Waals surface area contributed by atoms with Crippen LogP contribution in [-0.4, -0.2) is 4.98 Å². The third kappa shape index (κ3) is 2.67. The molecule has 0 saturated heterocycles. The fourth-order valence-electron chi connectivity index (χ4n) is 1.31. The van der Waals surface area contributed by atoms with Crippen LogP contribution in [0.15, 0.2) is 22.9 Å². The lowest BCUT2D eigenvalue weighted by atomic mass is 10.3. The number of aromatic nitrogens is 1. The van der Waals surface area contributed by atoms with Gasteiger partial charge in [-0.25, -0.2) is 4.98 Å². The van der Waals surface area contributed by atoms with Gasteiger partial charge in [0.25, 0.3) is 0 Å². The summed E-state index contributed by atoms with van der Waals surface area (Å²) in [5.41, 5.74) is 0.971. The zero-order valence-corrected chi connectivity index (χ0v) is 10.4. The fourth-order valence-corrected chi connectivity index (χ4v) is 2.78. The number of nitrogens with one attached hydrogen (secondary N) is 1. The van der Waals surface area contributed by atoms with Crippen LogP contribution in [0.2, 0.25) is 0 Å². The Balaban J connectivity index is 1.99. The normalized spacial score (nSPS) is 12.2. The van der Waals surface area contributed by atoms with Gasteiger partial charge in [-0.1, -0.05) is 6.07 Å². The number of hydrogen-bond acceptors (Lipinski definition) is 5. The molecule has 0 spiro atoms. The quantitative estimate of drug-likeness (QED) is 0.906. The molecule has 0 saturated carbocycles. The van der Waals surface area contributed by atoms with Crippen molar-refractivity contribution in [3.8, 4) is 6.07 Å². The maximum absolute atomic E-state index is 9.07. The Bertz CT molecular complexity index is 482. The number of hydrogen-bond donors (Lipinski definition) is 1. The minimum Gasteiger partial charge on any atom is -0.291 e. The highest BCUT2D eigenvalue weighted by atomic mass is 32.1. The van der Waals surface area contributed by atoms with E-state index < -0.39 is 0 Å². The van der Waals surface area contributed by atoms with Gasteiger partial charge in [-0.05, 0) is 18.4 Å². The minimum atomic E-state index is -0.305. The molecule has 1 unspecified atom stereocenters. The number of aryl methyl sites for hydroxylation is 1. The maximum atomic E-state index is 9.07. The summed E-state index contributed by atoms with van der Waals surface area (Å²) in [5, 5.41) is 17.1. The van der Waals surface area contributed by atoms with Crippen LogP contribution in [0.3, 0.4) is 0 Å². The second-order valence-electron chi connectivity index (χ2n) is 3.35. The molecular weight excluding hydrogens is 238 g/mol. The largest absolute Gasteiger partial charge is 0.291 e. The molecule has 1 atom stereocenters. The SMILES string of the molecule is Cc1csc(C(C#N)NCc2cccs2)n1. The lowest BCUT2D eigenvalue weighted by molar-refractivity contribution is 0.631. The van der Waals surface area contributed by atoms with Gasteiger partial charge in [0.05, 0.1) is 6.07 Å². The Morgan fingerprint density at radius 1 is 1.56 bits per heavy atom. The highest BCUT2D eigenvalue weighted by Crippen LogP contribution is 2.18. The van der Waals surface area contributed by atoms with E-state index >= 15 is 0 Å². The van der Waals surface area contributed by atoms with Crippen LogP contribution in [0.5, 0.6) is 0 Å². The molecule has 5 heteroatoms. The molecule has 2 aromatic heterocycles. The molecule has 0 fully saturated rings. The first-order valence-electron chi connectivity index (χ1n) is 4.87. The predicted octanol–water partition coefficient (Wildman–Crippen LogP) is 2.87. The smallest absolute Gasteiger partial charge is 0.148 e. The first-order valence-corrected chi connectivity index (χ1v) is 6.63. The number of thiophene rings is 1. The molecule has 2 aromatic rings.